The molecule has 4 unspecified atom stereocenters. The third-order valence-electron chi connectivity index (χ3n) is 3.70. The van der Waals surface area contributed by atoms with Gasteiger partial charge in [-0.05, 0) is 31.1 Å². The maximum Gasteiger partial charge on any atom is 0.307 e. The average molecular weight is 257 g/mol. The van der Waals surface area contributed by atoms with Gasteiger partial charge in [0, 0.05) is 13.2 Å². The molecule has 0 aliphatic heterocycles. The number of carbonyl (C=O) groups is 2. The van der Waals surface area contributed by atoms with Crippen molar-refractivity contribution in [2.24, 2.45) is 23.7 Å². The molecule has 1 aliphatic carbocycles. The molecule has 0 aromatic heterocycles. The van der Waals surface area contributed by atoms with Crippen LogP contribution in [0, 0.1) is 23.7 Å². The SMILES string of the molecule is CC(CCO)CNC(=O)C1CC(C)CC1C(=O)O. The Morgan fingerprint density at radius 1 is 1.33 bits per heavy atom. The van der Waals surface area contributed by atoms with Gasteiger partial charge < -0.3 is 15.5 Å². The number of carboxylic acids is 1. The molecule has 1 amide bonds. The highest BCUT2D eigenvalue weighted by atomic mass is 16.4. The summed E-state index contributed by atoms with van der Waals surface area (Å²) in [5.41, 5.74) is 0. The highest BCUT2D eigenvalue weighted by Crippen LogP contribution is 2.36. The molecule has 5 nitrogen and oxygen atoms in total. The molecular formula is C13H23NO4. The van der Waals surface area contributed by atoms with Crippen molar-refractivity contribution < 1.29 is 19.8 Å². The summed E-state index contributed by atoms with van der Waals surface area (Å²) in [6, 6.07) is 0. The lowest BCUT2D eigenvalue weighted by Crippen LogP contribution is -2.37. The molecule has 0 aromatic carbocycles. The van der Waals surface area contributed by atoms with E-state index < -0.39 is 17.8 Å². The van der Waals surface area contributed by atoms with E-state index in [2.05, 4.69) is 5.32 Å². The molecule has 0 aromatic rings. The van der Waals surface area contributed by atoms with E-state index in [1.54, 1.807) is 0 Å². The second-order valence-corrected chi connectivity index (χ2v) is 5.49. The van der Waals surface area contributed by atoms with Crippen molar-refractivity contribution in [1.82, 2.24) is 5.32 Å². The lowest BCUT2D eigenvalue weighted by Gasteiger charge is -2.17. The quantitative estimate of drug-likeness (QED) is 0.659. The van der Waals surface area contributed by atoms with Gasteiger partial charge in [-0.25, -0.2) is 0 Å². The van der Waals surface area contributed by atoms with Crippen molar-refractivity contribution in [3.8, 4) is 0 Å². The third kappa shape index (κ3) is 3.98. The Morgan fingerprint density at radius 3 is 2.50 bits per heavy atom. The standard InChI is InChI=1S/C13H23NO4/c1-8(3-4-15)7-14-12(16)10-5-9(2)6-11(10)13(17)18/h8-11,15H,3-7H2,1-2H3,(H,14,16)(H,17,18). The second kappa shape index (κ2) is 6.73. The maximum absolute atomic E-state index is 12.0. The first-order chi connectivity index (χ1) is 8.45. The molecule has 0 spiro atoms. The van der Waals surface area contributed by atoms with Gasteiger partial charge in [0.1, 0.15) is 0 Å². The molecule has 0 bridgehead atoms. The van der Waals surface area contributed by atoms with E-state index in [4.69, 9.17) is 10.2 Å². The van der Waals surface area contributed by atoms with E-state index in [1.807, 2.05) is 13.8 Å². The summed E-state index contributed by atoms with van der Waals surface area (Å²) < 4.78 is 0. The van der Waals surface area contributed by atoms with Crippen molar-refractivity contribution in [1.29, 1.82) is 0 Å². The first kappa shape index (κ1) is 15.0. The Morgan fingerprint density at radius 2 is 1.94 bits per heavy atom. The van der Waals surface area contributed by atoms with Crippen molar-refractivity contribution >= 4 is 11.9 Å². The second-order valence-electron chi connectivity index (χ2n) is 5.49. The van der Waals surface area contributed by atoms with Crippen LogP contribution in [0.15, 0.2) is 0 Å². The summed E-state index contributed by atoms with van der Waals surface area (Å²) in [4.78, 5) is 23.1. The van der Waals surface area contributed by atoms with Gasteiger partial charge >= 0.3 is 5.97 Å². The van der Waals surface area contributed by atoms with Gasteiger partial charge in [0.25, 0.3) is 0 Å². The number of rotatable bonds is 6. The van der Waals surface area contributed by atoms with Crippen molar-refractivity contribution in [3.63, 3.8) is 0 Å². The van der Waals surface area contributed by atoms with Crippen LogP contribution in [0.1, 0.15) is 33.1 Å². The molecule has 5 heteroatoms. The van der Waals surface area contributed by atoms with E-state index >= 15 is 0 Å². The fourth-order valence-corrected chi connectivity index (χ4v) is 2.58. The number of hydrogen-bond donors (Lipinski definition) is 3. The summed E-state index contributed by atoms with van der Waals surface area (Å²) in [7, 11) is 0. The number of carbonyl (C=O) groups excluding carboxylic acids is 1. The smallest absolute Gasteiger partial charge is 0.307 e. The van der Waals surface area contributed by atoms with Crippen LogP contribution in [-0.4, -0.2) is 35.2 Å². The van der Waals surface area contributed by atoms with Crippen LogP contribution < -0.4 is 5.32 Å². The van der Waals surface area contributed by atoms with Crippen LogP contribution in [0.5, 0.6) is 0 Å². The normalized spacial score (nSPS) is 28.9. The molecule has 104 valence electrons. The summed E-state index contributed by atoms with van der Waals surface area (Å²) in [6.45, 7) is 4.53. The number of aliphatic carboxylic acids is 1. The Bertz CT molecular complexity index is 305. The molecule has 1 saturated carbocycles. The maximum atomic E-state index is 12.0. The Balaban J connectivity index is 2.47. The predicted octanol–water partition coefficient (Wildman–Crippen LogP) is 0.868. The van der Waals surface area contributed by atoms with Crippen molar-refractivity contribution in [3.05, 3.63) is 0 Å². The number of hydrogen-bond acceptors (Lipinski definition) is 3. The van der Waals surface area contributed by atoms with Crippen molar-refractivity contribution in [2.75, 3.05) is 13.2 Å². The van der Waals surface area contributed by atoms with Gasteiger partial charge in [0.2, 0.25) is 5.91 Å². The largest absolute Gasteiger partial charge is 0.481 e. The van der Waals surface area contributed by atoms with Crippen LogP contribution in [0.2, 0.25) is 0 Å². The summed E-state index contributed by atoms with van der Waals surface area (Å²) >= 11 is 0. The molecule has 3 N–H and O–H groups in total. The number of aliphatic hydroxyl groups excluding tert-OH is 1. The highest BCUT2D eigenvalue weighted by molar-refractivity contribution is 5.85. The minimum Gasteiger partial charge on any atom is -0.481 e. The first-order valence-electron chi connectivity index (χ1n) is 6.57. The minimum absolute atomic E-state index is 0.106. The highest BCUT2D eigenvalue weighted by Gasteiger charge is 2.41. The third-order valence-corrected chi connectivity index (χ3v) is 3.70. The average Bonchev–Trinajstić information content (AvgIpc) is 2.69. The summed E-state index contributed by atoms with van der Waals surface area (Å²) in [6.07, 6.45) is 1.88. The van der Waals surface area contributed by atoms with Gasteiger partial charge in [0.15, 0.2) is 0 Å². The van der Waals surface area contributed by atoms with E-state index in [0.29, 0.717) is 25.8 Å². The number of aliphatic hydroxyl groups is 1. The summed E-state index contributed by atoms with van der Waals surface area (Å²) in [5.74, 6) is -1.48. The molecule has 4 atom stereocenters. The van der Waals surface area contributed by atoms with E-state index in [-0.39, 0.29) is 24.3 Å². The zero-order valence-electron chi connectivity index (χ0n) is 11.1. The van der Waals surface area contributed by atoms with E-state index in [9.17, 15) is 9.59 Å². The van der Waals surface area contributed by atoms with Crippen LogP contribution >= 0.6 is 0 Å². The van der Waals surface area contributed by atoms with Crippen molar-refractivity contribution in [2.45, 2.75) is 33.1 Å². The van der Waals surface area contributed by atoms with Crippen LogP contribution in [0.25, 0.3) is 0 Å². The first-order valence-corrected chi connectivity index (χ1v) is 6.57. The van der Waals surface area contributed by atoms with Gasteiger partial charge in [-0.2, -0.15) is 0 Å². The molecule has 0 radical (unpaired) electrons. The molecule has 1 aliphatic rings. The van der Waals surface area contributed by atoms with Crippen LogP contribution in [0.4, 0.5) is 0 Å². The molecular weight excluding hydrogens is 234 g/mol. The Labute approximate surface area is 108 Å². The lowest BCUT2D eigenvalue weighted by atomic mass is 9.95. The van der Waals surface area contributed by atoms with Gasteiger partial charge in [-0.3, -0.25) is 9.59 Å². The number of carboxylic acid groups (broad SMARTS) is 1. The topological polar surface area (TPSA) is 86.6 Å². The molecule has 18 heavy (non-hydrogen) atoms. The Hall–Kier alpha value is -1.10. The lowest BCUT2D eigenvalue weighted by molar-refractivity contribution is -0.146. The predicted molar refractivity (Wildman–Crippen MR) is 66.9 cm³/mol. The molecule has 0 saturated heterocycles. The van der Waals surface area contributed by atoms with Crippen LogP contribution in [0.3, 0.4) is 0 Å². The molecule has 0 heterocycles. The number of amides is 1. The minimum atomic E-state index is -0.872. The summed E-state index contributed by atoms with van der Waals surface area (Å²) in [5, 5.41) is 20.7. The monoisotopic (exact) mass is 257 g/mol. The van der Waals surface area contributed by atoms with E-state index in [1.165, 1.54) is 0 Å². The molecule has 1 rings (SSSR count). The zero-order valence-corrected chi connectivity index (χ0v) is 11.1. The van der Waals surface area contributed by atoms with Gasteiger partial charge in [-0.1, -0.05) is 13.8 Å². The van der Waals surface area contributed by atoms with Gasteiger partial charge in [0.05, 0.1) is 11.8 Å². The number of nitrogens with one attached hydrogen (secondary N) is 1. The Kier molecular flexibility index (Phi) is 5.59. The van der Waals surface area contributed by atoms with E-state index in [0.717, 1.165) is 0 Å². The van der Waals surface area contributed by atoms with Crippen LogP contribution in [-0.2, 0) is 9.59 Å². The molecule has 1 fully saturated rings. The zero-order chi connectivity index (χ0) is 13.7. The fourth-order valence-electron chi connectivity index (χ4n) is 2.58. The van der Waals surface area contributed by atoms with Gasteiger partial charge in [-0.15, -0.1) is 0 Å². The fraction of sp³-hybridized carbons (Fsp3) is 0.846.